The number of H-pyrrole nitrogens is 1. The molecule has 3 aromatic rings. The fourth-order valence-corrected chi connectivity index (χ4v) is 3.50. The van der Waals surface area contributed by atoms with Crippen LogP contribution in [0.2, 0.25) is 0 Å². The van der Waals surface area contributed by atoms with Gasteiger partial charge in [-0.1, -0.05) is 40.2 Å². The second-order valence-electron chi connectivity index (χ2n) is 6.13. The zero-order chi connectivity index (χ0) is 14.8. The lowest BCUT2D eigenvalue weighted by Gasteiger charge is -2.40. The predicted molar refractivity (Wildman–Crippen MR) is 88.2 cm³/mol. The Morgan fingerprint density at radius 2 is 1.90 bits per heavy atom. The minimum Gasteiger partial charge on any atom is -0.485 e. The van der Waals surface area contributed by atoms with Crippen LogP contribution in [0.5, 0.6) is 5.75 Å². The molecule has 0 saturated heterocycles. The second-order valence-corrected chi connectivity index (χ2v) is 7.12. The summed E-state index contributed by atoms with van der Waals surface area (Å²) in [5, 5.41) is 12.8. The number of ether oxygens (including phenoxy) is 1. The molecular weight excluding hydrogens is 330 g/mol. The molecule has 1 aliphatic rings. The normalized spacial score (nSPS) is 24.0. The lowest BCUT2D eigenvalue weighted by atomic mass is 9.90. The van der Waals surface area contributed by atoms with Gasteiger partial charge in [-0.3, -0.25) is 0 Å². The first-order valence-electron chi connectivity index (χ1n) is 7.03. The molecule has 0 bridgehead atoms. The molecule has 4 rings (SSSR count). The molecule has 2 N–H and O–H groups in total. The van der Waals surface area contributed by atoms with E-state index >= 15 is 0 Å². The summed E-state index contributed by atoms with van der Waals surface area (Å²) in [6, 6.07) is 12.1. The molecule has 0 spiro atoms. The topological polar surface area (TPSA) is 45.2 Å². The number of aromatic nitrogens is 1. The van der Waals surface area contributed by atoms with E-state index in [-0.39, 0.29) is 4.83 Å². The number of nitrogens with one attached hydrogen (secondary N) is 1. The third kappa shape index (κ3) is 1.75. The molecule has 0 radical (unpaired) electrons. The third-order valence-electron chi connectivity index (χ3n) is 4.28. The lowest BCUT2D eigenvalue weighted by molar-refractivity contribution is 0.0241. The van der Waals surface area contributed by atoms with Crippen molar-refractivity contribution in [1.82, 2.24) is 4.98 Å². The van der Waals surface area contributed by atoms with Crippen LogP contribution in [0.3, 0.4) is 0 Å². The van der Waals surface area contributed by atoms with Crippen molar-refractivity contribution in [3.8, 4) is 5.75 Å². The maximum atomic E-state index is 10.6. The maximum absolute atomic E-state index is 10.6. The van der Waals surface area contributed by atoms with Gasteiger partial charge >= 0.3 is 0 Å². The van der Waals surface area contributed by atoms with Gasteiger partial charge in [-0.05, 0) is 26.0 Å². The number of alkyl halides is 1. The Labute approximate surface area is 131 Å². The highest BCUT2D eigenvalue weighted by molar-refractivity contribution is 9.09. The molecule has 1 aliphatic heterocycles. The molecule has 1 aromatic heterocycles. The van der Waals surface area contributed by atoms with Crippen LogP contribution in [0.4, 0.5) is 0 Å². The first-order valence-corrected chi connectivity index (χ1v) is 7.95. The van der Waals surface area contributed by atoms with Crippen LogP contribution in [-0.4, -0.2) is 20.5 Å². The standard InChI is InChI=1S/C17H16BrNO2/c1-17(2)16(18)14(20)10-7-8-12-13(15(10)21-17)9-5-3-4-6-11(9)19-12/h3-8,14,16,19-20H,1-2H3/t14-,16+/m1/s1. The van der Waals surface area contributed by atoms with Gasteiger partial charge < -0.3 is 14.8 Å². The van der Waals surface area contributed by atoms with Gasteiger partial charge in [0.25, 0.3) is 0 Å². The maximum Gasteiger partial charge on any atom is 0.136 e. The van der Waals surface area contributed by atoms with Gasteiger partial charge in [-0.25, -0.2) is 0 Å². The van der Waals surface area contributed by atoms with E-state index in [1.54, 1.807) is 0 Å². The van der Waals surface area contributed by atoms with E-state index in [0.29, 0.717) is 0 Å². The summed E-state index contributed by atoms with van der Waals surface area (Å²) in [4.78, 5) is 3.27. The Morgan fingerprint density at radius 1 is 1.14 bits per heavy atom. The molecule has 0 saturated carbocycles. The number of halogens is 1. The molecule has 0 unspecified atom stereocenters. The quantitative estimate of drug-likeness (QED) is 0.597. The van der Waals surface area contributed by atoms with Gasteiger partial charge in [0.05, 0.1) is 16.4 Å². The first-order chi connectivity index (χ1) is 9.99. The predicted octanol–water partition coefficient (Wildman–Crippen LogP) is 4.29. The van der Waals surface area contributed by atoms with Crippen molar-refractivity contribution in [1.29, 1.82) is 0 Å². The fraction of sp³-hybridized carbons (Fsp3) is 0.294. The number of aliphatic hydroxyl groups is 1. The van der Waals surface area contributed by atoms with Gasteiger partial charge in [-0.15, -0.1) is 0 Å². The number of para-hydroxylation sites is 1. The number of aromatic amines is 1. The number of fused-ring (bicyclic) bond motifs is 5. The van der Waals surface area contributed by atoms with Gasteiger partial charge in [-0.2, -0.15) is 0 Å². The fourth-order valence-electron chi connectivity index (χ4n) is 3.13. The third-order valence-corrected chi connectivity index (χ3v) is 5.88. The molecule has 2 aromatic carbocycles. The van der Waals surface area contributed by atoms with E-state index < -0.39 is 11.7 Å². The molecule has 108 valence electrons. The van der Waals surface area contributed by atoms with Crippen molar-refractivity contribution in [2.24, 2.45) is 0 Å². The summed E-state index contributed by atoms with van der Waals surface area (Å²) < 4.78 is 6.25. The molecule has 0 amide bonds. The van der Waals surface area contributed by atoms with Crippen LogP contribution in [0, 0.1) is 0 Å². The molecule has 0 fully saturated rings. The van der Waals surface area contributed by atoms with Crippen LogP contribution in [-0.2, 0) is 0 Å². The summed E-state index contributed by atoms with van der Waals surface area (Å²) in [6.07, 6.45) is -0.582. The highest BCUT2D eigenvalue weighted by atomic mass is 79.9. The number of hydrogen-bond acceptors (Lipinski definition) is 2. The van der Waals surface area contributed by atoms with E-state index in [9.17, 15) is 5.11 Å². The van der Waals surface area contributed by atoms with Crippen molar-refractivity contribution in [2.75, 3.05) is 0 Å². The summed E-state index contributed by atoms with van der Waals surface area (Å²) in [7, 11) is 0. The van der Waals surface area contributed by atoms with E-state index in [4.69, 9.17) is 4.74 Å². The van der Waals surface area contributed by atoms with Crippen molar-refractivity contribution in [3.63, 3.8) is 0 Å². The molecule has 21 heavy (non-hydrogen) atoms. The smallest absolute Gasteiger partial charge is 0.136 e. The average Bonchev–Trinajstić information content (AvgIpc) is 2.83. The molecule has 0 aliphatic carbocycles. The summed E-state index contributed by atoms with van der Waals surface area (Å²) >= 11 is 3.57. The Bertz CT molecular complexity index is 852. The van der Waals surface area contributed by atoms with Crippen molar-refractivity contribution < 1.29 is 9.84 Å². The first kappa shape index (κ1) is 13.2. The Hall–Kier alpha value is -1.52. The van der Waals surface area contributed by atoms with Gasteiger partial charge in [0.1, 0.15) is 11.4 Å². The summed E-state index contributed by atoms with van der Waals surface area (Å²) in [6.45, 7) is 3.98. The van der Waals surface area contributed by atoms with E-state index in [0.717, 1.165) is 33.1 Å². The Morgan fingerprint density at radius 3 is 2.71 bits per heavy atom. The molecular formula is C17H16BrNO2. The van der Waals surface area contributed by atoms with Crippen LogP contribution in [0.25, 0.3) is 21.8 Å². The van der Waals surface area contributed by atoms with Gasteiger partial charge in [0.15, 0.2) is 0 Å². The molecule has 2 atom stereocenters. The molecule has 4 heteroatoms. The number of rotatable bonds is 0. The van der Waals surface area contributed by atoms with Crippen LogP contribution < -0.4 is 4.74 Å². The number of aliphatic hydroxyl groups excluding tert-OH is 1. The van der Waals surface area contributed by atoms with Crippen molar-refractivity contribution in [3.05, 3.63) is 42.0 Å². The van der Waals surface area contributed by atoms with Crippen LogP contribution in [0.1, 0.15) is 25.5 Å². The van der Waals surface area contributed by atoms with E-state index in [2.05, 4.69) is 33.0 Å². The van der Waals surface area contributed by atoms with Crippen LogP contribution >= 0.6 is 15.9 Å². The second kappa shape index (κ2) is 4.24. The largest absolute Gasteiger partial charge is 0.485 e. The van der Waals surface area contributed by atoms with Crippen molar-refractivity contribution in [2.45, 2.75) is 30.4 Å². The van der Waals surface area contributed by atoms with E-state index in [1.165, 1.54) is 0 Å². The highest BCUT2D eigenvalue weighted by Gasteiger charge is 2.42. The van der Waals surface area contributed by atoms with Gasteiger partial charge in [0.2, 0.25) is 0 Å². The van der Waals surface area contributed by atoms with Crippen LogP contribution in [0.15, 0.2) is 36.4 Å². The van der Waals surface area contributed by atoms with Crippen molar-refractivity contribution >= 4 is 37.7 Å². The molecule has 2 heterocycles. The van der Waals surface area contributed by atoms with E-state index in [1.807, 2.05) is 38.1 Å². The average molecular weight is 346 g/mol. The lowest BCUT2D eigenvalue weighted by Crippen LogP contribution is -2.45. The minimum absolute atomic E-state index is 0.139. The monoisotopic (exact) mass is 345 g/mol. The summed E-state index contributed by atoms with van der Waals surface area (Å²) in [5.74, 6) is 0.790. The highest BCUT2D eigenvalue weighted by Crippen LogP contribution is 2.47. The SMILES string of the molecule is CC1(C)Oc2c(ccc3[nH]c4ccccc4c23)[C@@H](O)[C@@H]1Br. The molecule has 3 nitrogen and oxygen atoms in total. The Balaban J connectivity index is 2.11. The van der Waals surface area contributed by atoms with Gasteiger partial charge in [0, 0.05) is 21.9 Å². The minimum atomic E-state index is -0.582. The Kier molecular flexibility index (Phi) is 2.66. The number of benzene rings is 2. The zero-order valence-electron chi connectivity index (χ0n) is 11.9. The summed E-state index contributed by atoms with van der Waals surface area (Å²) in [5.41, 5.74) is 2.48. The number of hydrogen-bond donors (Lipinski definition) is 2. The zero-order valence-corrected chi connectivity index (χ0v) is 13.4.